The van der Waals surface area contributed by atoms with Crippen LogP contribution in [0.2, 0.25) is 26.2 Å². The molecule has 18 heteroatoms. The minimum absolute atomic E-state index is 0.0448. The van der Waals surface area contributed by atoms with Crippen molar-refractivity contribution in [1.29, 1.82) is 0 Å². The van der Waals surface area contributed by atoms with Gasteiger partial charge in [-0.25, -0.2) is 29.9 Å². The van der Waals surface area contributed by atoms with Crippen molar-refractivity contribution in [1.82, 2.24) is 56.3 Å². The molecule has 6 aliphatic rings. The number of fused-ring (bicyclic) bond motifs is 18. The monoisotopic (exact) mass is 2040 g/mol. The van der Waals surface area contributed by atoms with Crippen LogP contribution in [0.1, 0.15) is 111 Å². The summed E-state index contributed by atoms with van der Waals surface area (Å²) in [5.41, 5.74) is 27.5. The summed E-state index contributed by atoms with van der Waals surface area (Å²) >= 11 is 7.65. The maximum absolute atomic E-state index is 5.00. The van der Waals surface area contributed by atoms with E-state index in [0.717, 1.165) is 33.9 Å². The summed E-state index contributed by atoms with van der Waals surface area (Å²) < 4.78 is 13.8. The molecule has 0 saturated heterocycles. The number of benzene rings is 16. The number of para-hydroxylation sites is 6. The molecule has 16 aromatic carbocycles. The van der Waals surface area contributed by atoms with Crippen LogP contribution in [0.5, 0.6) is 0 Å². The molecule has 0 spiro atoms. The number of nitrogens with zero attached hydrogens (tertiary/aromatic N) is 12. The summed E-state index contributed by atoms with van der Waals surface area (Å²) in [7, 11) is -3.34. The highest BCUT2D eigenvalue weighted by Crippen LogP contribution is 2.61. The molecule has 0 aliphatic carbocycles. The number of hydrogen-bond donors (Lipinski definition) is 0. The molecule has 0 bridgehead atoms. The molecular formula is C132H104N12S4Si2. The fraction of sp³-hybridized carbons (Fsp3) is 0.136. The fourth-order valence-corrected chi connectivity index (χ4v) is 36.8. The number of imidazole rings is 6. The highest BCUT2D eigenvalue weighted by atomic mass is 32.2. The molecule has 150 heavy (non-hydrogen) atoms. The van der Waals surface area contributed by atoms with Crippen LogP contribution in [0, 0.1) is 0 Å². The maximum atomic E-state index is 5.00. The van der Waals surface area contributed by atoms with Crippen LogP contribution in [0.4, 0.5) is 0 Å². The van der Waals surface area contributed by atoms with Crippen molar-refractivity contribution in [2.24, 2.45) is 0 Å². The van der Waals surface area contributed by atoms with Gasteiger partial charge in [-0.05, 0) is 116 Å². The van der Waals surface area contributed by atoms with Crippen LogP contribution in [-0.4, -0.2) is 72.5 Å². The Labute approximate surface area is 886 Å². The summed E-state index contributed by atoms with van der Waals surface area (Å²) in [5, 5.41) is 28.8. The van der Waals surface area contributed by atoms with Crippen molar-refractivity contribution in [3.05, 3.63) is 469 Å². The quantitative estimate of drug-likeness (QED) is 0.125. The number of rotatable bonds is 4. The molecule has 18 heterocycles. The average molecular weight is 2040 g/mol. The Balaban J connectivity index is 0.0000000851. The summed E-state index contributed by atoms with van der Waals surface area (Å²) in [4.78, 5) is 31.7. The number of pyridine rings is 6. The lowest BCUT2D eigenvalue weighted by atomic mass is 9.82. The van der Waals surface area contributed by atoms with Gasteiger partial charge in [-0.2, -0.15) is 0 Å². The molecular weight excluding hydrogens is 1940 g/mol. The highest BCUT2D eigenvalue weighted by Gasteiger charge is 2.52. The molecule has 6 aliphatic heterocycles. The zero-order valence-electron chi connectivity index (χ0n) is 85.3. The highest BCUT2D eigenvalue weighted by molar-refractivity contribution is 8.01. The number of thioether (sulfide) groups is 4. The fourth-order valence-electron chi connectivity index (χ4n) is 25.9. The van der Waals surface area contributed by atoms with E-state index < -0.39 is 16.1 Å². The first kappa shape index (κ1) is 90.9. The molecule has 0 fully saturated rings. The Morgan fingerprint density at radius 1 is 0.200 bits per heavy atom. The van der Waals surface area contributed by atoms with Crippen LogP contribution in [0.25, 0.3) is 164 Å². The Bertz CT molecular complexity index is 10300. The van der Waals surface area contributed by atoms with Gasteiger partial charge in [0, 0.05) is 113 Å². The molecule has 0 saturated carbocycles. The van der Waals surface area contributed by atoms with Crippen LogP contribution >= 0.6 is 47.0 Å². The Hall–Kier alpha value is -15.4. The van der Waals surface area contributed by atoms with Gasteiger partial charge >= 0.3 is 0 Å². The SMILES string of the molecule is CC1(C)Sc2cccc3c4ccccc4c4ncc1n4c23.CC1(C)Sc2cnc3c4ccccc4c4cccc1c4n23.CC1(C)c2cccc3c4ccccc4c4ncc(n4c23)[Si]1(C)C.CC1(C)c2cnc3c4ccccc4c4cccc(c4n23)[Si]1(C)C.c1ccc(C2(c3ccccc3)Sc3cccc4c5ccccc5c5ncc2n5c34)cc1.c1ccc(C2(c3ccccc3)Sc3cnc4c5ccccc5c5cccc2c5n34)cc1. The second-order valence-electron chi connectivity index (χ2n) is 43.9. The zero-order chi connectivity index (χ0) is 101. The Morgan fingerprint density at radius 2 is 0.500 bits per heavy atom. The van der Waals surface area contributed by atoms with E-state index in [1.165, 1.54) is 211 Å². The third-order valence-electron chi connectivity index (χ3n) is 34.5. The lowest BCUT2D eigenvalue weighted by Crippen LogP contribution is -2.60. The van der Waals surface area contributed by atoms with Gasteiger partial charge in [-0.3, -0.25) is 22.0 Å². The molecule has 28 aromatic rings. The van der Waals surface area contributed by atoms with Crippen molar-refractivity contribution in [3.63, 3.8) is 0 Å². The minimum Gasteiger partial charge on any atom is -0.300 e. The van der Waals surface area contributed by atoms with Crippen molar-refractivity contribution in [3.8, 4) is 0 Å². The van der Waals surface area contributed by atoms with Crippen molar-refractivity contribution in [2.45, 2.75) is 130 Å². The molecule has 0 unspecified atom stereocenters. The Kier molecular flexibility index (Phi) is 20.0. The normalized spacial score (nSPS) is 16.2. The third-order valence-corrected chi connectivity index (χ3v) is 50.1. The third kappa shape index (κ3) is 12.6. The van der Waals surface area contributed by atoms with Gasteiger partial charge in [0.2, 0.25) is 0 Å². The van der Waals surface area contributed by atoms with Gasteiger partial charge in [0.05, 0.1) is 86.8 Å². The van der Waals surface area contributed by atoms with E-state index >= 15 is 0 Å². The second kappa shape index (κ2) is 33.1. The standard InChI is InChI=1S/2C28H18N2S.2C20H20N2Si.2C18H14N2S/c1-3-10-19(11-4-1)28(20-12-5-2-6-13-20)25-18-29-27-23-15-8-7-14-21(23)22-16-9-17-24(31-28)26(22)30(25)27;1-3-10-19(11-4-1)28(20-12-5-2-6-13-20)24-17-9-16-22-21-14-7-8-15-23(21)27-29-18-25(31-28)30(27)26(22)24;1-20(2)17-12-21-19-15-9-6-5-8-13(15)14-10-7-11-16(23(20,3)4)18(14)22(17)19;1-20(2)16-11-7-10-14-13-8-5-6-9-15(13)19-21-12-17(23(20,3)4)22(19)18(14)16;1-18(2)15-10-19-17-13-7-4-3-6-11(13)12-8-5-9-14(21-18)16(12)20(15)17;1-18(2)14-9-5-8-12-11-6-3-4-7-13(11)17-19-10-15(21-18)20(17)16(12)14/h2*1-18H;2*5-12H,1-4H3;2*3-10H,1-2H3. The van der Waals surface area contributed by atoms with Gasteiger partial charge in [-0.15, -0.1) is 23.5 Å². The molecule has 0 atom stereocenters. The largest absolute Gasteiger partial charge is 0.300 e. The lowest BCUT2D eigenvalue weighted by Gasteiger charge is -2.44. The van der Waals surface area contributed by atoms with Crippen molar-refractivity contribution < 1.29 is 0 Å². The first-order valence-corrected chi connectivity index (χ1v) is 61.1. The molecule has 12 aromatic heterocycles. The molecule has 724 valence electrons. The van der Waals surface area contributed by atoms with E-state index in [-0.39, 0.29) is 29.1 Å². The average Bonchev–Trinajstić information content (AvgIpc) is 1.43. The van der Waals surface area contributed by atoms with Gasteiger partial charge in [0.15, 0.2) is 0 Å². The second-order valence-corrected chi connectivity index (χ2v) is 59.7. The molecule has 34 rings (SSSR count). The van der Waals surface area contributed by atoms with E-state index in [1.54, 1.807) is 5.19 Å². The molecule has 12 nitrogen and oxygen atoms in total. The smallest absolute Gasteiger partial charge is 0.146 e. The summed E-state index contributed by atoms with van der Waals surface area (Å²) in [6.45, 7) is 28.7. The van der Waals surface area contributed by atoms with E-state index in [9.17, 15) is 0 Å². The van der Waals surface area contributed by atoms with Crippen molar-refractivity contribution >= 4 is 238 Å². The van der Waals surface area contributed by atoms with Gasteiger partial charge in [0.1, 0.15) is 56.8 Å². The zero-order valence-corrected chi connectivity index (χ0v) is 90.5. The first-order chi connectivity index (χ1) is 73.0. The van der Waals surface area contributed by atoms with Crippen LogP contribution in [-0.2, 0) is 29.1 Å². The maximum Gasteiger partial charge on any atom is 0.146 e. The van der Waals surface area contributed by atoms with E-state index in [2.05, 4.69) is 503 Å². The molecule has 0 N–H and O–H groups in total. The first-order valence-electron chi connectivity index (χ1n) is 51.9. The summed E-state index contributed by atoms with van der Waals surface area (Å²) in [6, 6.07) is 136. The van der Waals surface area contributed by atoms with Gasteiger partial charge < -0.3 is 4.40 Å². The van der Waals surface area contributed by atoms with Crippen LogP contribution < -0.4 is 10.5 Å². The molecule has 0 amide bonds. The van der Waals surface area contributed by atoms with E-state index in [0.29, 0.717) is 0 Å². The van der Waals surface area contributed by atoms with Gasteiger partial charge in [-0.1, -0.05) is 441 Å². The van der Waals surface area contributed by atoms with Crippen LogP contribution in [0.15, 0.2) is 433 Å². The summed E-state index contributed by atoms with van der Waals surface area (Å²) in [6.07, 6.45) is 12.5. The predicted octanol–water partition coefficient (Wildman–Crippen LogP) is 32.8. The number of hydrogen-bond acceptors (Lipinski definition) is 10. The summed E-state index contributed by atoms with van der Waals surface area (Å²) in [5.74, 6) is 0. The Morgan fingerprint density at radius 3 is 0.947 bits per heavy atom. The van der Waals surface area contributed by atoms with E-state index in [4.69, 9.17) is 29.9 Å². The number of aromatic nitrogens is 12. The predicted molar refractivity (Wildman–Crippen MR) is 637 cm³/mol. The van der Waals surface area contributed by atoms with E-state index in [1.807, 2.05) is 65.6 Å². The molecule has 0 radical (unpaired) electrons. The van der Waals surface area contributed by atoms with Crippen LogP contribution in [0.3, 0.4) is 0 Å². The van der Waals surface area contributed by atoms with Crippen molar-refractivity contribution in [2.75, 3.05) is 0 Å². The topological polar surface area (TPSA) is 104 Å². The van der Waals surface area contributed by atoms with Gasteiger partial charge in [0.25, 0.3) is 0 Å². The minimum atomic E-state index is -1.68. The lowest BCUT2D eigenvalue weighted by molar-refractivity contribution is 0.686.